The van der Waals surface area contributed by atoms with Crippen LogP contribution in [-0.2, 0) is 4.74 Å². The summed E-state index contributed by atoms with van der Waals surface area (Å²) in [5.41, 5.74) is 10.6. The predicted molar refractivity (Wildman–Crippen MR) is 124 cm³/mol. The molecule has 1 saturated heterocycles. The molecule has 0 unspecified atom stereocenters. The Hall–Kier alpha value is -2.40. The molecule has 1 aliphatic carbocycles. The fourth-order valence-electron chi connectivity index (χ4n) is 5.01. The van der Waals surface area contributed by atoms with Gasteiger partial charge in [0.2, 0.25) is 5.90 Å². The van der Waals surface area contributed by atoms with E-state index < -0.39 is 0 Å². The molecule has 0 bridgehead atoms. The van der Waals surface area contributed by atoms with E-state index in [0.717, 1.165) is 17.3 Å². The number of rotatable bonds is 4. The van der Waals surface area contributed by atoms with Crippen LogP contribution in [0.2, 0.25) is 0 Å². The SMILES string of the molecule is C=CN=C1OCC(c2ccc(C3CCC(N4CCCCC4)CC3)cc2)=N/C1=C(/C)N. The molecule has 160 valence electrons. The van der Waals surface area contributed by atoms with Crippen LogP contribution in [-0.4, -0.2) is 42.2 Å². The van der Waals surface area contributed by atoms with Crippen LogP contribution in [0.15, 0.2) is 58.4 Å². The quantitative estimate of drug-likeness (QED) is 0.785. The predicted octanol–water partition coefficient (Wildman–Crippen LogP) is 4.75. The van der Waals surface area contributed by atoms with E-state index in [4.69, 9.17) is 15.5 Å². The maximum Gasteiger partial charge on any atom is 0.242 e. The van der Waals surface area contributed by atoms with Crippen LogP contribution in [0.1, 0.15) is 68.9 Å². The summed E-state index contributed by atoms with van der Waals surface area (Å²) in [7, 11) is 0. The summed E-state index contributed by atoms with van der Waals surface area (Å²) < 4.78 is 5.78. The van der Waals surface area contributed by atoms with Gasteiger partial charge in [-0.15, -0.1) is 0 Å². The van der Waals surface area contributed by atoms with Gasteiger partial charge >= 0.3 is 0 Å². The second-order valence-electron chi connectivity index (χ2n) is 8.72. The van der Waals surface area contributed by atoms with E-state index in [9.17, 15) is 0 Å². The molecule has 2 fully saturated rings. The summed E-state index contributed by atoms with van der Waals surface area (Å²) in [5.74, 6) is 1.12. The van der Waals surface area contributed by atoms with Crippen molar-refractivity contribution in [1.82, 2.24) is 4.90 Å². The molecule has 1 aromatic carbocycles. The Kier molecular flexibility index (Phi) is 6.68. The molecule has 1 aromatic rings. The fourth-order valence-corrected chi connectivity index (χ4v) is 5.01. The van der Waals surface area contributed by atoms with Gasteiger partial charge in [-0.2, -0.15) is 0 Å². The number of nitrogens with zero attached hydrogens (tertiary/aromatic N) is 3. The van der Waals surface area contributed by atoms with Crippen molar-refractivity contribution < 1.29 is 4.74 Å². The van der Waals surface area contributed by atoms with Crippen molar-refractivity contribution in [3.63, 3.8) is 0 Å². The summed E-state index contributed by atoms with van der Waals surface area (Å²) >= 11 is 0. The maximum atomic E-state index is 5.99. The smallest absolute Gasteiger partial charge is 0.242 e. The van der Waals surface area contributed by atoms with Gasteiger partial charge in [0, 0.05) is 17.9 Å². The zero-order chi connectivity index (χ0) is 20.9. The lowest BCUT2D eigenvalue weighted by molar-refractivity contribution is 0.125. The lowest BCUT2D eigenvalue weighted by atomic mass is 9.80. The molecule has 0 aromatic heterocycles. The molecule has 30 heavy (non-hydrogen) atoms. The number of hydrogen-bond donors (Lipinski definition) is 1. The van der Waals surface area contributed by atoms with Gasteiger partial charge in [0.1, 0.15) is 12.3 Å². The van der Waals surface area contributed by atoms with Crippen LogP contribution in [0.3, 0.4) is 0 Å². The zero-order valence-electron chi connectivity index (χ0n) is 18.1. The number of ether oxygens (including phenoxy) is 1. The van der Waals surface area contributed by atoms with Crippen molar-refractivity contribution in [1.29, 1.82) is 0 Å². The maximum absolute atomic E-state index is 5.99. The molecule has 0 radical (unpaired) electrons. The van der Waals surface area contributed by atoms with E-state index in [1.165, 1.54) is 69.8 Å². The number of nitrogens with two attached hydrogens (primary N) is 1. The van der Waals surface area contributed by atoms with Crippen molar-refractivity contribution in [2.45, 2.75) is 63.8 Å². The van der Waals surface area contributed by atoms with Gasteiger partial charge in [0.15, 0.2) is 0 Å². The van der Waals surface area contributed by atoms with Crippen molar-refractivity contribution in [3.8, 4) is 0 Å². The second-order valence-corrected chi connectivity index (χ2v) is 8.72. The van der Waals surface area contributed by atoms with Crippen molar-refractivity contribution in [2.24, 2.45) is 15.7 Å². The lowest BCUT2D eigenvalue weighted by Gasteiger charge is -2.39. The van der Waals surface area contributed by atoms with Gasteiger partial charge in [-0.25, -0.2) is 9.98 Å². The molecule has 5 heteroatoms. The van der Waals surface area contributed by atoms with Crippen LogP contribution >= 0.6 is 0 Å². The third-order valence-electron chi connectivity index (χ3n) is 6.70. The monoisotopic (exact) mass is 406 g/mol. The number of allylic oxidation sites excluding steroid dienone is 1. The largest absolute Gasteiger partial charge is 0.470 e. The Labute approximate surface area is 180 Å². The van der Waals surface area contributed by atoms with E-state index in [0.29, 0.717) is 29.8 Å². The molecule has 4 rings (SSSR count). The summed E-state index contributed by atoms with van der Waals surface area (Å²) in [6.07, 6.45) is 10.9. The van der Waals surface area contributed by atoms with Crippen LogP contribution in [0.25, 0.3) is 0 Å². The third kappa shape index (κ3) is 4.67. The van der Waals surface area contributed by atoms with Crippen LogP contribution in [0.5, 0.6) is 0 Å². The number of hydrogen-bond acceptors (Lipinski definition) is 5. The van der Waals surface area contributed by atoms with Gasteiger partial charge in [0.05, 0.1) is 5.71 Å². The molecule has 2 N–H and O–H groups in total. The second kappa shape index (κ2) is 9.61. The molecule has 0 atom stereocenters. The molecular weight excluding hydrogens is 372 g/mol. The molecule has 0 spiro atoms. The minimum Gasteiger partial charge on any atom is -0.470 e. The molecule has 1 saturated carbocycles. The zero-order valence-corrected chi connectivity index (χ0v) is 18.1. The third-order valence-corrected chi connectivity index (χ3v) is 6.70. The van der Waals surface area contributed by atoms with E-state index >= 15 is 0 Å². The highest BCUT2D eigenvalue weighted by molar-refractivity contribution is 6.09. The summed E-state index contributed by atoms with van der Waals surface area (Å²) in [6, 6.07) is 9.71. The highest BCUT2D eigenvalue weighted by Crippen LogP contribution is 2.35. The van der Waals surface area contributed by atoms with Crippen molar-refractivity contribution in [3.05, 3.63) is 59.6 Å². The van der Waals surface area contributed by atoms with Crippen molar-refractivity contribution in [2.75, 3.05) is 19.7 Å². The van der Waals surface area contributed by atoms with Gasteiger partial charge in [-0.3, -0.25) is 0 Å². The first-order valence-electron chi connectivity index (χ1n) is 11.4. The Morgan fingerprint density at radius 1 is 1.13 bits per heavy atom. The standard InChI is InChI=1S/C25H34N4O/c1-3-27-25-24(18(2)26)28-23(17-30-25)21-9-7-19(8-10-21)20-11-13-22(14-12-20)29-15-5-4-6-16-29/h3,7-10,20,22H,1,4-6,11-17,26H2,2H3/b24-18-,27-25?. The van der Waals surface area contributed by atoms with Crippen LogP contribution < -0.4 is 5.73 Å². The highest BCUT2D eigenvalue weighted by Gasteiger charge is 2.27. The average Bonchev–Trinajstić information content (AvgIpc) is 2.80. The first kappa shape index (κ1) is 20.9. The van der Waals surface area contributed by atoms with Gasteiger partial charge in [-0.05, 0) is 75.6 Å². The minimum absolute atomic E-state index is 0.393. The fraction of sp³-hybridized carbons (Fsp3) is 0.520. The topological polar surface area (TPSA) is 63.2 Å². The normalized spacial score (nSPS) is 28.6. The summed E-state index contributed by atoms with van der Waals surface area (Å²) in [4.78, 5) is 11.6. The summed E-state index contributed by atoms with van der Waals surface area (Å²) in [6.45, 7) is 8.46. The van der Waals surface area contributed by atoms with Gasteiger partial charge < -0.3 is 15.4 Å². The molecule has 3 aliphatic rings. The molecular formula is C25H34N4O. The number of benzene rings is 1. The molecule has 2 heterocycles. The first-order chi connectivity index (χ1) is 14.7. The highest BCUT2D eigenvalue weighted by atomic mass is 16.5. The number of aliphatic imine (C=N–C) groups is 2. The Balaban J connectivity index is 1.41. The number of piperidine rings is 1. The molecule has 2 aliphatic heterocycles. The van der Waals surface area contributed by atoms with Crippen LogP contribution in [0, 0.1) is 0 Å². The Morgan fingerprint density at radius 3 is 2.47 bits per heavy atom. The van der Waals surface area contributed by atoms with E-state index in [1.54, 1.807) is 0 Å². The molecule has 0 amide bonds. The summed E-state index contributed by atoms with van der Waals surface area (Å²) in [5, 5.41) is 0. The minimum atomic E-state index is 0.393. The van der Waals surface area contributed by atoms with Gasteiger partial charge in [0.25, 0.3) is 0 Å². The van der Waals surface area contributed by atoms with E-state index in [-0.39, 0.29) is 0 Å². The lowest BCUT2D eigenvalue weighted by Crippen LogP contribution is -2.41. The average molecular weight is 407 g/mol. The van der Waals surface area contributed by atoms with E-state index in [2.05, 4.69) is 40.7 Å². The first-order valence-corrected chi connectivity index (χ1v) is 11.4. The molecule has 5 nitrogen and oxygen atoms in total. The van der Waals surface area contributed by atoms with Crippen molar-refractivity contribution >= 4 is 11.6 Å². The number of likely N-dealkylation sites (tertiary alicyclic amines) is 1. The Morgan fingerprint density at radius 2 is 1.83 bits per heavy atom. The van der Waals surface area contributed by atoms with E-state index in [1.807, 2.05) is 6.92 Å². The van der Waals surface area contributed by atoms with Gasteiger partial charge in [-0.1, -0.05) is 37.3 Å². The Bertz CT molecular complexity index is 834. The van der Waals surface area contributed by atoms with Crippen LogP contribution in [0.4, 0.5) is 0 Å².